The number of hydrogen-bond acceptors (Lipinski definition) is 4. The van der Waals surface area contributed by atoms with Crippen LogP contribution in [0.5, 0.6) is 11.5 Å². The van der Waals surface area contributed by atoms with Gasteiger partial charge in [0.2, 0.25) is 0 Å². The third kappa shape index (κ3) is 3.20. The van der Waals surface area contributed by atoms with Gasteiger partial charge in [-0.25, -0.2) is 4.79 Å². The molecule has 0 saturated carbocycles. The molecule has 0 aliphatic rings. The Kier molecular flexibility index (Phi) is 4.42. The van der Waals surface area contributed by atoms with Gasteiger partial charge in [-0.15, -0.1) is 0 Å². The summed E-state index contributed by atoms with van der Waals surface area (Å²) in [5.74, 6) is 0.993. The van der Waals surface area contributed by atoms with Crippen molar-refractivity contribution in [3.63, 3.8) is 0 Å². The highest BCUT2D eigenvalue weighted by Crippen LogP contribution is 2.31. The van der Waals surface area contributed by atoms with Crippen LogP contribution in [0.4, 0.5) is 0 Å². The third-order valence-corrected chi connectivity index (χ3v) is 3.82. The molecule has 0 aliphatic heterocycles. The Hall–Kier alpha value is -2.57. The summed E-state index contributed by atoms with van der Waals surface area (Å²) >= 11 is 11.9. The second-order valence-electron chi connectivity index (χ2n) is 4.91. The number of rotatable bonds is 3. The Morgan fingerprint density at radius 1 is 1.04 bits per heavy atom. The van der Waals surface area contributed by atoms with Gasteiger partial charge in [0.05, 0.1) is 10.7 Å². The lowest BCUT2D eigenvalue weighted by molar-refractivity contribution is 0.482. The molecule has 122 valence electrons. The molecule has 0 bridgehead atoms. The molecule has 0 radical (unpaired) electrons. The second-order valence-corrected chi connectivity index (χ2v) is 5.75. The summed E-state index contributed by atoms with van der Waals surface area (Å²) < 4.78 is 7.78. The van der Waals surface area contributed by atoms with Crippen LogP contribution in [0.15, 0.2) is 58.3 Å². The van der Waals surface area contributed by atoms with E-state index in [2.05, 4.69) is 5.10 Å². The third-order valence-electron chi connectivity index (χ3n) is 3.29. The van der Waals surface area contributed by atoms with Crippen LogP contribution in [0.2, 0.25) is 10.0 Å². The largest absolute Gasteiger partial charge is 0.456 e. The molecule has 0 saturated heterocycles. The van der Waals surface area contributed by atoms with Crippen molar-refractivity contribution in [1.82, 2.24) is 14.3 Å². The molecule has 3 aromatic rings. The molecule has 0 spiro atoms. The number of hydrogen-bond donors (Lipinski definition) is 0. The van der Waals surface area contributed by atoms with Crippen LogP contribution in [0.3, 0.4) is 0 Å². The molecule has 0 aliphatic carbocycles. The molecule has 0 amide bonds. The van der Waals surface area contributed by atoms with Gasteiger partial charge in [0.1, 0.15) is 17.7 Å². The maximum Gasteiger partial charge on any atom is 0.351 e. The lowest BCUT2D eigenvalue weighted by Crippen LogP contribution is -2.38. The Balaban J connectivity index is 1.90. The van der Waals surface area contributed by atoms with E-state index in [9.17, 15) is 9.59 Å². The van der Waals surface area contributed by atoms with E-state index in [0.717, 1.165) is 15.4 Å². The fourth-order valence-electron chi connectivity index (χ4n) is 2.00. The minimum atomic E-state index is -0.531. The predicted molar refractivity (Wildman–Crippen MR) is 91.6 cm³/mol. The van der Waals surface area contributed by atoms with Crippen molar-refractivity contribution < 1.29 is 4.74 Å². The van der Waals surface area contributed by atoms with Gasteiger partial charge < -0.3 is 4.74 Å². The zero-order valence-corrected chi connectivity index (χ0v) is 14.0. The zero-order chi connectivity index (χ0) is 17.3. The first kappa shape index (κ1) is 16.3. The first-order valence-corrected chi connectivity index (χ1v) is 7.60. The van der Waals surface area contributed by atoms with E-state index in [0.29, 0.717) is 27.2 Å². The van der Waals surface area contributed by atoms with Gasteiger partial charge in [-0.3, -0.25) is 9.36 Å². The molecular weight excluding hydrogens is 353 g/mol. The molecule has 8 heteroatoms. The Bertz CT molecular complexity index is 1010. The molecule has 3 rings (SSSR count). The van der Waals surface area contributed by atoms with Gasteiger partial charge in [-0.2, -0.15) is 9.78 Å². The summed E-state index contributed by atoms with van der Waals surface area (Å²) in [5.41, 5.74) is -0.490. The summed E-state index contributed by atoms with van der Waals surface area (Å²) in [6, 6.07) is 11.6. The van der Waals surface area contributed by atoms with Crippen LogP contribution >= 0.6 is 23.2 Å². The quantitative estimate of drug-likeness (QED) is 0.717. The van der Waals surface area contributed by atoms with E-state index in [4.69, 9.17) is 27.9 Å². The summed E-state index contributed by atoms with van der Waals surface area (Å²) in [4.78, 5) is 23.4. The lowest BCUT2D eigenvalue weighted by atomic mass is 10.3. The Morgan fingerprint density at radius 3 is 2.42 bits per heavy atom. The average molecular weight is 364 g/mol. The maximum atomic E-state index is 12.0. The SMILES string of the molecule is Cn1c(=O)cnn(-c2ccc(Oc3ccc(Cl)cc3Cl)cc2)c1=O. The summed E-state index contributed by atoms with van der Waals surface area (Å²) in [5, 5.41) is 4.75. The van der Waals surface area contributed by atoms with Crippen LogP contribution in [0, 0.1) is 0 Å². The number of ether oxygens (including phenoxy) is 1. The standard InChI is InChI=1S/C16H11Cl2N3O3/c1-20-15(22)9-19-21(16(20)23)11-3-5-12(6-4-11)24-14-7-2-10(17)8-13(14)18/h2-9H,1H3. The van der Waals surface area contributed by atoms with Crippen molar-refractivity contribution in [3.8, 4) is 17.2 Å². The van der Waals surface area contributed by atoms with E-state index in [-0.39, 0.29) is 0 Å². The Morgan fingerprint density at radius 2 is 1.75 bits per heavy atom. The molecular formula is C16H11Cl2N3O3. The predicted octanol–water partition coefficient (Wildman–Crippen LogP) is 3.03. The molecule has 6 nitrogen and oxygen atoms in total. The average Bonchev–Trinajstić information content (AvgIpc) is 2.56. The van der Waals surface area contributed by atoms with Crippen LogP contribution < -0.4 is 16.0 Å². The molecule has 0 atom stereocenters. The second kappa shape index (κ2) is 6.51. The maximum absolute atomic E-state index is 12.0. The minimum Gasteiger partial charge on any atom is -0.456 e. The molecule has 2 aromatic carbocycles. The Labute approximate surface area is 146 Å². The van der Waals surface area contributed by atoms with E-state index in [1.165, 1.54) is 7.05 Å². The summed E-state index contributed by atoms with van der Waals surface area (Å²) in [6.07, 6.45) is 1.08. The highest BCUT2D eigenvalue weighted by atomic mass is 35.5. The van der Waals surface area contributed by atoms with Crippen molar-refractivity contribution in [2.45, 2.75) is 0 Å². The van der Waals surface area contributed by atoms with Crippen LogP contribution in [0.1, 0.15) is 0 Å². The first-order valence-electron chi connectivity index (χ1n) is 6.84. The van der Waals surface area contributed by atoms with Gasteiger partial charge in [-0.1, -0.05) is 23.2 Å². The van der Waals surface area contributed by atoms with Gasteiger partial charge in [0.15, 0.2) is 0 Å². The van der Waals surface area contributed by atoms with Gasteiger partial charge in [0.25, 0.3) is 5.56 Å². The topological polar surface area (TPSA) is 66.1 Å². The number of aromatic nitrogens is 3. The first-order chi connectivity index (χ1) is 11.5. The molecule has 0 N–H and O–H groups in total. The van der Waals surface area contributed by atoms with E-state index in [1.807, 2.05) is 0 Å². The van der Waals surface area contributed by atoms with Crippen LogP contribution in [-0.2, 0) is 7.05 Å². The highest BCUT2D eigenvalue weighted by Gasteiger charge is 2.07. The summed E-state index contributed by atoms with van der Waals surface area (Å²) in [7, 11) is 1.39. The van der Waals surface area contributed by atoms with Crippen molar-refractivity contribution >= 4 is 23.2 Å². The highest BCUT2D eigenvalue weighted by molar-refractivity contribution is 6.35. The normalized spacial score (nSPS) is 10.6. The molecule has 1 aromatic heterocycles. The zero-order valence-electron chi connectivity index (χ0n) is 12.4. The van der Waals surface area contributed by atoms with Gasteiger partial charge in [-0.05, 0) is 42.5 Å². The van der Waals surface area contributed by atoms with Crippen molar-refractivity contribution in [1.29, 1.82) is 0 Å². The monoisotopic (exact) mass is 363 g/mol. The van der Waals surface area contributed by atoms with Crippen molar-refractivity contribution in [2.24, 2.45) is 7.05 Å². The van der Waals surface area contributed by atoms with Crippen LogP contribution in [-0.4, -0.2) is 14.3 Å². The smallest absolute Gasteiger partial charge is 0.351 e. The summed E-state index contributed by atoms with van der Waals surface area (Å²) in [6.45, 7) is 0. The van der Waals surface area contributed by atoms with Crippen molar-refractivity contribution in [3.05, 3.63) is 79.5 Å². The molecule has 24 heavy (non-hydrogen) atoms. The van der Waals surface area contributed by atoms with Gasteiger partial charge >= 0.3 is 5.69 Å². The van der Waals surface area contributed by atoms with Crippen molar-refractivity contribution in [2.75, 3.05) is 0 Å². The minimum absolute atomic E-state index is 0.391. The molecule has 1 heterocycles. The lowest BCUT2D eigenvalue weighted by Gasteiger charge is -2.09. The van der Waals surface area contributed by atoms with Gasteiger partial charge in [0, 0.05) is 12.1 Å². The van der Waals surface area contributed by atoms with E-state index >= 15 is 0 Å². The fourth-order valence-corrected chi connectivity index (χ4v) is 2.44. The van der Waals surface area contributed by atoms with E-state index in [1.54, 1.807) is 42.5 Å². The van der Waals surface area contributed by atoms with Crippen LogP contribution in [0.25, 0.3) is 5.69 Å². The molecule has 0 fully saturated rings. The number of benzene rings is 2. The number of nitrogens with zero attached hydrogens (tertiary/aromatic N) is 3. The number of halogens is 2. The van der Waals surface area contributed by atoms with E-state index < -0.39 is 11.2 Å². The molecule has 0 unspecified atom stereocenters. The fraction of sp³-hybridized carbons (Fsp3) is 0.0625.